The number of benzene rings is 2. The van der Waals surface area contributed by atoms with Crippen molar-refractivity contribution in [1.82, 2.24) is 15.0 Å². The molecule has 0 aliphatic rings. The lowest BCUT2D eigenvalue weighted by Gasteiger charge is -2.13. The number of anilines is 3. The molecule has 2 aromatic carbocycles. The highest BCUT2D eigenvalue weighted by molar-refractivity contribution is 9.11. The van der Waals surface area contributed by atoms with Gasteiger partial charge in [-0.05, 0) is 36.4 Å². The van der Waals surface area contributed by atoms with Crippen LogP contribution in [0, 0.1) is 0 Å². The molecule has 0 saturated heterocycles. The zero-order valence-corrected chi connectivity index (χ0v) is 17.0. The van der Waals surface area contributed by atoms with Crippen LogP contribution in [-0.4, -0.2) is 15.0 Å². The molecule has 0 aliphatic heterocycles. The molecule has 0 fully saturated rings. The Hall–Kier alpha value is -2.71. The Bertz CT molecular complexity index is 1140. The number of hydrogen-bond acceptors (Lipinski definition) is 6. The van der Waals surface area contributed by atoms with Crippen LogP contribution in [0.15, 0.2) is 70.0 Å². The van der Waals surface area contributed by atoms with Crippen molar-refractivity contribution >= 4 is 60.0 Å². The van der Waals surface area contributed by atoms with Gasteiger partial charge in [-0.25, -0.2) is 4.98 Å². The number of rotatable bonds is 4. The maximum absolute atomic E-state index is 6.24. The van der Waals surface area contributed by atoms with Gasteiger partial charge in [-0.2, -0.15) is 4.98 Å². The number of pyridine rings is 1. The average molecular weight is 487 g/mol. The van der Waals surface area contributed by atoms with Crippen LogP contribution in [0.1, 0.15) is 0 Å². The van der Waals surface area contributed by atoms with Crippen molar-refractivity contribution in [2.45, 2.75) is 0 Å². The average Bonchev–Trinajstić information content (AvgIpc) is 2.67. The topological polar surface area (TPSA) is 86.0 Å². The SMILES string of the molecule is Nc1c(Nc2cccc(Br)c2)ncnc1Oc1ccc(Br)c2cccnc12. The number of nitrogens with zero attached hydrogens (tertiary/aromatic N) is 3. The Morgan fingerprint density at radius 1 is 0.963 bits per heavy atom. The molecule has 134 valence electrons. The van der Waals surface area contributed by atoms with E-state index >= 15 is 0 Å². The van der Waals surface area contributed by atoms with E-state index in [2.05, 4.69) is 52.1 Å². The summed E-state index contributed by atoms with van der Waals surface area (Å²) in [5.74, 6) is 1.29. The molecular weight excluding hydrogens is 474 g/mol. The van der Waals surface area contributed by atoms with Crippen molar-refractivity contribution in [3.05, 3.63) is 70.0 Å². The van der Waals surface area contributed by atoms with E-state index < -0.39 is 0 Å². The predicted octanol–water partition coefficient (Wildman–Crippen LogP) is 5.67. The Morgan fingerprint density at radius 2 is 1.85 bits per heavy atom. The van der Waals surface area contributed by atoms with Crippen LogP contribution >= 0.6 is 31.9 Å². The number of nitrogens with two attached hydrogens (primary N) is 1. The smallest absolute Gasteiger partial charge is 0.248 e. The summed E-state index contributed by atoms with van der Waals surface area (Å²) < 4.78 is 7.85. The zero-order chi connectivity index (χ0) is 18.8. The molecule has 0 atom stereocenters. The van der Waals surface area contributed by atoms with Gasteiger partial charge < -0.3 is 15.8 Å². The lowest BCUT2D eigenvalue weighted by atomic mass is 10.2. The van der Waals surface area contributed by atoms with Gasteiger partial charge in [0.05, 0.1) is 0 Å². The van der Waals surface area contributed by atoms with Crippen molar-refractivity contribution in [3.8, 4) is 11.6 Å². The second-order valence-corrected chi connectivity index (χ2v) is 7.39. The third-order valence-corrected chi connectivity index (χ3v) is 5.01. The number of hydrogen-bond donors (Lipinski definition) is 2. The second-order valence-electron chi connectivity index (χ2n) is 5.62. The van der Waals surface area contributed by atoms with E-state index in [4.69, 9.17) is 10.5 Å². The van der Waals surface area contributed by atoms with Gasteiger partial charge in [0.15, 0.2) is 11.6 Å². The molecule has 0 spiro atoms. The van der Waals surface area contributed by atoms with E-state index in [-0.39, 0.29) is 5.88 Å². The third-order valence-electron chi connectivity index (χ3n) is 3.82. The van der Waals surface area contributed by atoms with E-state index in [0.717, 1.165) is 20.0 Å². The quantitative estimate of drug-likeness (QED) is 0.386. The molecule has 27 heavy (non-hydrogen) atoms. The normalized spacial score (nSPS) is 10.7. The third kappa shape index (κ3) is 3.72. The summed E-state index contributed by atoms with van der Waals surface area (Å²) in [6, 6.07) is 15.3. The molecule has 0 radical (unpaired) electrons. The van der Waals surface area contributed by atoms with Crippen molar-refractivity contribution in [2.75, 3.05) is 11.1 Å². The molecule has 0 aliphatic carbocycles. The van der Waals surface area contributed by atoms with Crippen LogP contribution < -0.4 is 15.8 Å². The first-order chi connectivity index (χ1) is 13.1. The highest BCUT2D eigenvalue weighted by Crippen LogP contribution is 2.36. The lowest BCUT2D eigenvalue weighted by Crippen LogP contribution is -2.03. The summed E-state index contributed by atoms with van der Waals surface area (Å²) in [7, 11) is 0. The molecule has 2 heterocycles. The molecule has 3 N–H and O–H groups in total. The Morgan fingerprint density at radius 3 is 2.70 bits per heavy atom. The molecule has 8 heteroatoms. The number of aromatic nitrogens is 3. The minimum absolute atomic E-state index is 0.261. The Kier molecular flexibility index (Phi) is 4.91. The van der Waals surface area contributed by atoms with Gasteiger partial charge in [0.2, 0.25) is 5.88 Å². The monoisotopic (exact) mass is 485 g/mol. The first-order valence-electron chi connectivity index (χ1n) is 7.96. The summed E-state index contributed by atoms with van der Waals surface area (Å²) in [6.45, 7) is 0. The largest absolute Gasteiger partial charge is 0.435 e. The molecule has 4 aromatic rings. The predicted molar refractivity (Wildman–Crippen MR) is 113 cm³/mol. The summed E-state index contributed by atoms with van der Waals surface area (Å²) in [4.78, 5) is 12.8. The first-order valence-corrected chi connectivity index (χ1v) is 9.54. The maximum Gasteiger partial charge on any atom is 0.248 e. The number of nitrogen functional groups attached to an aromatic ring is 1. The van der Waals surface area contributed by atoms with E-state index in [1.807, 2.05) is 48.5 Å². The van der Waals surface area contributed by atoms with Crippen molar-refractivity contribution in [3.63, 3.8) is 0 Å². The molecule has 0 unspecified atom stereocenters. The van der Waals surface area contributed by atoms with Gasteiger partial charge in [0, 0.05) is 26.2 Å². The molecular formula is C19H13Br2N5O. The van der Waals surface area contributed by atoms with Crippen molar-refractivity contribution < 1.29 is 4.74 Å². The molecule has 0 amide bonds. The summed E-state index contributed by atoms with van der Waals surface area (Å²) in [5, 5.41) is 4.12. The minimum Gasteiger partial charge on any atom is -0.435 e. The number of ether oxygens (including phenoxy) is 1. The maximum atomic E-state index is 6.24. The van der Waals surface area contributed by atoms with E-state index in [0.29, 0.717) is 22.8 Å². The molecule has 0 bridgehead atoms. The number of fused-ring (bicyclic) bond motifs is 1. The van der Waals surface area contributed by atoms with E-state index in [1.54, 1.807) is 6.20 Å². The fourth-order valence-corrected chi connectivity index (χ4v) is 3.41. The van der Waals surface area contributed by atoms with Crippen LogP contribution in [0.5, 0.6) is 11.6 Å². The minimum atomic E-state index is 0.261. The van der Waals surface area contributed by atoms with Gasteiger partial charge in [-0.3, -0.25) is 4.98 Å². The van der Waals surface area contributed by atoms with Gasteiger partial charge in [0.1, 0.15) is 17.5 Å². The Labute approximate surface area is 172 Å². The van der Waals surface area contributed by atoms with Crippen LogP contribution in [-0.2, 0) is 0 Å². The fourth-order valence-electron chi connectivity index (χ4n) is 2.56. The molecule has 4 rings (SSSR count). The molecule has 0 saturated carbocycles. The second kappa shape index (κ2) is 7.50. The molecule has 6 nitrogen and oxygen atoms in total. The van der Waals surface area contributed by atoms with Crippen LogP contribution in [0.3, 0.4) is 0 Å². The van der Waals surface area contributed by atoms with E-state index in [9.17, 15) is 0 Å². The van der Waals surface area contributed by atoms with Crippen LogP contribution in [0.4, 0.5) is 17.2 Å². The van der Waals surface area contributed by atoms with Crippen LogP contribution in [0.2, 0.25) is 0 Å². The fraction of sp³-hybridized carbons (Fsp3) is 0. The summed E-state index contributed by atoms with van der Waals surface area (Å²) in [6.07, 6.45) is 3.12. The standard InChI is InChI=1S/C19H13Br2N5O/c20-11-3-1-4-12(9-11)26-18-16(22)19(25-10-24-18)27-15-7-6-14(21)13-5-2-8-23-17(13)15/h1-10H,22H2,(H,24,25,26). The Balaban J connectivity index is 1.69. The highest BCUT2D eigenvalue weighted by atomic mass is 79.9. The number of nitrogens with one attached hydrogen (secondary N) is 1. The number of halogens is 2. The van der Waals surface area contributed by atoms with Crippen molar-refractivity contribution in [2.24, 2.45) is 0 Å². The zero-order valence-electron chi connectivity index (χ0n) is 13.9. The summed E-state index contributed by atoms with van der Waals surface area (Å²) >= 11 is 6.97. The van der Waals surface area contributed by atoms with Crippen molar-refractivity contribution in [1.29, 1.82) is 0 Å². The highest BCUT2D eigenvalue weighted by Gasteiger charge is 2.14. The van der Waals surface area contributed by atoms with Gasteiger partial charge in [0.25, 0.3) is 0 Å². The lowest BCUT2D eigenvalue weighted by molar-refractivity contribution is 0.469. The van der Waals surface area contributed by atoms with Gasteiger partial charge >= 0.3 is 0 Å². The first kappa shape index (κ1) is 17.7. The van der Waals surface area contributed by atoms with Gasteiger partial charge in [-0.15, -0.1) is 0 Å². The summed E-state index contributed by atoms with van der Waals surface area (Å²) in [5.41, 5.74) is 8.11. The van der Waals surface area contributed by atoms with Gasteiger partial charge in [-0.1, -0.05) is 44.0 Å². The van der Waals surface area contributed by atoms with Crippen LogP contribution in [0.25, 0.3) is 10.9 Å². The molecule has 2 aromatic heterocycles. The van der Waals surface area contributed by atoms with E-state index in [1.165, 1.54) is 6.33 Å².